The van der Waals surface area contributed by atoms with Gasteiger partial charge in [0, 0.05) is 5.56 Å². The van der Waals surface area contributed by atoms with Gasteiger partial charge in [-0.1, -0.05) is 60.1 Å². The maximum Gasteiger partial charge on any atom is 0.271 e. The Labute approximate surface area is 168 Å². The fourth-order valence-corrected chi connectivity index (χ4v) is 2.78. The quantitative estimate of drug-likeness (QED) is 0.467. The summed E-state index contributed by atoms with van der Waals surface area (Å²) < 4.78 is 11.2. The molecule has 0 unspecified atom stereocenters. The zero-order valence-electron chi connectivity index (χ0n) is 15.3. The number of halogens is 1. The van der Waals surface area contributed by atoms with E-state index in [2.05, 4.69) is 10.5 Å². The van der Waals surface area contributed by atoms with Crippen LogP contribution in [0.5, 0.6) is 11.5 Å². The maximum absolute atomic E-state index is 12.0. The van der Waals surface area contributed by atoms with Crippen molar-refractivity contribution in [1.82, 2.24) is 5.43 Å². The van der Waals surface area contributed by atoms with Gasteiger partial charge >= 0.3 is 0 Å². The number of nitrogens with one attached hydrogen (secondary N) is 1. The second kappa shape index (κ2) is 9.58. The van der Waals surface area contributed by atoms with Crippen molar-refractivity contribution in [2.75, 3.05) is 7.11 Å². The lowest BCUT2D eigenvalue weighted by Gasteiger charge is -2.13. The van der Waals surface area contributed by atoms with Gasteiger partial charge in [0.05, 0.1) is 18.3 Å². The van der Waals surface area contributed by atoms with Crippen LogP contribution in [0.4, 0.5) is 0 Å². The molecule has 0 aliphatic rings. The highest BCUT2D eigenvalue weighted by molar-refractivity contribution is 6.32. The molecular weight excluding hydrogens is 376 g/mol. The Morgan fingerprint density at radius 3 is 2.43 bits per heavy atom. The van der Waals surface area contributed by atoms with Crippen LogP contribution >= 0.6 is 11.6 Å². The normalized spacial score (nSPS) is 10.6. The number of carbonyl (C=O) groups is 1. The first kappa shape index (κ1) is 19.5. The van der Waals surface area contributed by atoms with Crippen molar-refractivity contribution in [3.63, 3.8) is 0 Å². The molecule has 0 heterocycles. The second-order valence-electron chi connectivity index (χ2n) is 5.87. The molecule has 0 aromatic heterocycles. The van der Waals surface area contributed by atoms with Gasteiger partial charge in [-0.05, 0) is 35.4 Å². The summed E-state index contributed by atoms with van der Waals surface area (Å²) in [6.45, 7) is 0.373. The molecule has 3 rings (SSSR count). The van der Waals surface area contributed by atoms with Crippen LogP contribution in [0, 0.1) is 0 Å². The molecule has 0 aliphatic heterocycles. The topological polar surface area (TPSA) is 59.9 Å². The van der Waals surface area contributed by atoms with E-state index in [1.807, 2.05) is 36.4 Å². The lowest BCUT2D eigenvalue weighted by atomic mass is 10.2. The summed E-state index contributed by atoms with van der Waals surface area (Å²) in [5.74, 6) is 0.649. The highest BCUT2D eigenvalue weighted by Gasteiger charge is 2.12. The summed E-state index contributed by atoms with van der Waals surface area (Å²) in [5, 5.41) is 4.37. The summed E-state index contributed by atoms with van der Waals surface area (Å²) in [4.78, 5) is 12.0. The van der Waals surface area contributed by atoms with Crippen molar-refractivity contribution in [3.8, 4) is 11.5 Å². The van der Waals surface area contributed by atoms with Crippen molar-refractivity contribution in [3.05, 3.63) is 94.5 Å². The van der Waals surface area contributed by atoms with Crippen molar-refractivity contribution >= 4 is 23.7 Å². The van der Waals surface area contributed by atoms with Crippen molar-refractivity contribution < 1.29 is 14.3 Å². The van der Waals surface area contributed by atoms with E-state index in [-0.39, 0.29) is 5.91 Å². The molecule has 3 aromatic rings. The van der Waals surface area contributed by atoms with Gasteiger partial charge in [-0.2, -0.15) is 5.10 Å². The van der Waals surface area contributed by atoms with Gasteiger partial charge in [-0.15, -0.1) is 0 Å². The van der Waals surface area contributed by atoms with Crippen molar-refractivity contribution in [1.29, 1.82) is 0 Å². The molecule has 0 bridgehead atoms. The molecule has 0 aliphatic carbocycles. The van der Waals surface area contributed by atoms with E-state index >= 15 is 0 Å². The molecule has 1 N–H and O–H groups in total. The molecule has 142 valence electrons. The highest BCUT2D eigenvalue weighted by atomic mass is 35.5. The number of amides is 1. The summed E-state index contributed by atoms with van der Waals surface area (Å²) >= 11 is 6.36. The van der Waals surface area contributed by atoms with Crippen LogP contribution in [0.15, 0.2) is 77.9 Å². The average molecular weight is 395 g/mol. The molecule has 0 saturated heterocycles. The zero-order chi connectivity index (χ0) is 19.8. The number of carbonyl (C=O) groups excluding carboxylic acids is 1. The van der Waals surface area contributed by atoms with E-state index in [1.165, 1.54) is 6.21 Å². The van der Waals surface area contributed by atoms with Gasteiger partial charge in [0.25, 0.3) is 5.91 Å². The molecular formula is C22H19ClN2O3. The Morgan fingerprint density at radius 1 is 1.07 bits per heavy atom. The minimum Gasteiger partial charge on any atom is -0.493 e. The van der Waals surface area contributed by atoms with Gasteiger partial charge in [0.1, 0.15) is 6.61 Å². The van der Waals surface area contributed by atoms with Gasteiger partial charge in [-0.3, -0.25) is 4.79 Å². The average Bonchev–Trinajstić information content (AvgIpc) is 2.74. The van der Waals surface area contributed by atoms with E-state index in [0.29, 0.717) is 34.3 Å². The Hall–Kier alpha value is -3.31. The third-order valence-corrected chi connectivity index (χ3v) is 4.17. The number of hydrazone groups is 1. The van der Waals surface area contributed by atoms with Crippen LogP contribution in [-0.4, -0.2) is 19.2 Å². The van der Waals surface area contributed by atoms with E-state index < -0.39 is 0 Å². The van der Waals surface area contributed by atoms with Gasteiger partial charge < -0.3 is 9.47 Å². The van der Waals surface area contributed by atoms with Crippen LogP contribution in [0.3, 0.4) is 0 Å². The molecule has 0 atom stereocenters. The van der Waals surface area contributed by atoms with E-state index in [4.69, 9.17) is 21.1 Å². The predicted molar refractivity (Wildman–Crippen MR) is 110 cm³/mol. The van der Waals surface area contributed by atoms with E-state index in [0.717, 1.165) is 5.56 Å². The number of rotatable bonds is 7. The van der Waals surface area contributed by atoms with Gasteiger partial charge in [-0.25, -0.2) is 5.43 Å². The largest absolute Gasteiger partial charge is 0.493 e. The minimum absolute atomic E-state index is 0.294. The third-order valence-electron chi connectivity index (χ3n) is 3.89. The molecule has 1 amide bonds. The Kier molecular flexibility index (Phi) is 6.65. The molecule has 0 radical (unpaired) electrons. The molecule has 0 fully saturated rings. The second-order valence-corrected chi connectivity index (χ2v) is 6.28. The molecule has 28 heavy (non-hydrogen) atoms. The van der Waals surface area contributed by atoms with E-state index in [1.54, 1.807) is 43.5 Å². The fourth-order valence-electron chi connectivity index (χ4n) is 2.50. The smallest absolute Gasteiger partial charge is 0.271 e. The number of ether oxygens (including phenoxy) is 2. The Morgan fingerprint density at radius 2 is 1.75 bits per heavy atom. The van der Waals surface area contributed by atoms with Gasteiger partial charge in [0.15, 0.2) is 11.5 Å². The number of benzene rings is 3. The van der Waals surface area contributed by atoms with Crippen molar-refractivity contribution in [2.24, 2.45) is 5.10 Å². The first-order valence-corrected chi connectivity index (χ1v) is 8.98. The Bertz CT molecular complexity index is 960. The zero-order valence-corrected chi connectivity index (χ0v) is 16.0. The van der Waals surface area contributed by atoms with Crippen LogP contribution in [0.25, 0.3) is 0 Å². The Balaban J connectivity index is 1.69. The van der Waals surface area contributed by atoms with Crippen LogP contribution in [0.2, 0.25) is 5.02 Å². The standard InChI is InChI=1S/C22H19ClN2O3/c1-27-20-13-17(14-24-25-22(26)18-10-6-3-7-11-18)12-19(23)21(20)28-15-16-8-4-2-5-9-16/h2-14H,15H2,1H3,(H,25,26)/b24-14-. The monoisotopic (exact) mass is 394 g/mol. The highest BCUT2D eigenvalue weighted by Crippen LogP contribution is 2.36. The fraction of sp³-hybridized carbons (Fsp3) is 0.0909. The lowest BCUT2D eigenvalue weighted by molar-refractivity contribution is 0.0955. The summed E-state index contributed by atoms with van der Waals surface area (Å²) in [6, 6.07) is 22.1. The molecule has 3 aromatic carbocycles. The molecule has 0 saturated carbocycles. The molecule has 0 spiro atoms. The third kappa shape index (κ3) is 5.11. The van der Waals surface area contributed by atoms with E-state index in [9.17, 15) is 4.79 Å². The van der Waals surface area contributed by atoms with Crippen LogP contribution in [-0.2, 0) is 6.61 Å². The van der Waals surface area contributed by atoms with Crippen LogP contribution < -0.4 is 14.9 Å². The summed E-state index contributed by atoms with van der Waals surface area (Å²) in [7, 11) is 1.54. The number of hydrogen-bond acceptors (Lipinski definition) is 4. The lowest BCUT2D eigenvalue weighted by Crippen LogP contribution is -2.17. The summed E-state index contributed by atoms with van der Waals surface area (Å²) in [6.07, 6.45) is 1.50. The minimum atomic E-state index is -0.294. The SMILES string of the molecule is COc1cc(/C=N\NC(=O)c2ccccc2)cc(Cl)c1OCc1ccccc1. The van der Waals surface area contributed by atoms with Gasteiger partial charge in [0.2, 0.25) is 0 Å². The first-order valence-electron chi connectivity index (χ1n) is 8.60. The number of nitrogens with zero attached hydrogens (tertiary/aromatic N) is 1. The maximum atomic E-state index is 12.0. The number of methoxy groups -OCH3 is 1. The summed E-state index contributed by atoms with van der Waals surface area (Å²) in [5.41, 5.74) is 4.70. The number of hydrogen-bond donors (Lipinski definition) is 1. The molecule has 6 heteroatoms. The molecule has 5 nitrogen and oxygen atoms in total. The predicted octanol–water partition coefficient (Wildman–Crippen LogP) is 4.69. The van der Waals surface area contributed by atoms with Crippen LogP contribution in [0.1, 0.15) is 21.5 Å². The van der Waals surface area contributed by atoms with Crippen molar-refractivity contribution in [2.45, 2.75) is 6.61 Å². The first-order chi connectivity index (χ1) is 13.7.